The van der Waals surface area contributed by atoms with Gasteiger partial charge in [-0.2, -0.15) is 17.7 Å². The van der Waals surface area contributed by atoms with Crippen LogP contribution in [-0.4, -0.2) is 10.2 Å². The van der Waals surface area contributed by atoms with E-state index in [9.17, 15) is 4.79 Å². The number of hydrogen-bond acceptors (Lipinski definition) is 3. The Kier molecular flexibility index (Phi) is 2.87. The highest BCUT2D eigenvalue weighted by molar-refractivity contribution is 7.79. The Hall–Kier alpha value is -1.55. The molecule has 0 saturated heterocycles. The van der Waals surface area contributed by atoms with Gasteiger partial charge in [-0.15, -0.1) is 0 Å². The lowest BCUT2D eigenvalue weighted by Crippen LogP contribution is -2.13. The first-order chi connectivity index (χ1) is 7.31. The van der Waals surface area contributed by atoms with Crippen LogP contribution in [0.1, 0.15) is 5.56 Å². The second-order valence-electron chi connectivity index (χ2n) is 3.13. The molecule has 76 valence electrons. The first-order valence-electron chi connectivity index (χ1n) is 4.56. The van der Waals surface area contributed by atoms with Crippen LogP contribution < -0.4 is 5.56 Å². The summed E-state index contributed by atoms with van der Waals surface area (Å²) in [6.07, 6.45) is 0. The third-order valence-electron chi connectivity index (χ3n) is 2.12. The van der Waals surface area contributed by atoms with Crippen LogP contribution in [0.25, 0.3) is 11.3 Å². The van der Waals surface area contributed by atoms with Gasteiger partial charge in [-0.1, -0.05) is 30.3 Å². The summed E-state index contributed by atoms with van der Waals surface area (Å²) < 4.78 is 0. The van der Waals surface area contributed by atoms with Crippen molar-refractivity contribution in [3.8, 4) is 11.3 Å². The molecule has 4 heteroatoms. The second-order valence-corrected chi connectivity index (χ2v) is 3.45. The van der Waals surface area contributed by atoms with Gasteiger partial charge in [0.25, 0.3) is 5.56 Å². The Labute approximate surface area is 92.6 Å². The lowest BCUT2D eigenvalue weighted by atomic mass is 10.1. The van der Waals surface area contributed by atoms with Crippen molar-refractivity contribution in [2.45, 2.75) is 5.75 Å². The number of thiol groups is 1. The Morgan fingerprint density at radius 1 is 1.27 bits per heavy atom. The van der Waals surface area contributed by atoms with Crippen molar-refractivity contribution in [3.63, 3.8) is 0 Å². The van der Waals surface area contributed by atoms with Gasteiger partial charge < -0.3 is 0 Å². The van der Waals surface area contributed by atoms with Crippen LogP contribution in [0.4, 0.5) is 0 Å². The van der Waals surface area contributed by atoms with E-state index >= 15 is 0 Å². The molecular formula is C11H10N2OS. The van der Waals surface area contributed by atoms with Gasteiger partial charge in [0.2, 0.25) is 0 Å². The Balaban J connectivity index is 2.51. The maximum atomic E-state index is 11.3. The zero-order valence-electron chi connectivity index (χ0n) is 7.97. The molecule has 0 unspecified atom stereocenters. The molecule has 1 aromatic carbocycles. The Bertz CT molecular complexity index is 507. The number of nitrogens with one attached hydrogen (secondary N) is 1. The van der Waals surface area contributed by atoms with Crippen molar-refractivity contribution in [2.24, 2.45) is 0 Å². The monoisotopic (exact) mass is 218 g/mol. The topological polar surface area (TPSA) is 45.8 Å². The highest BCUT2D eigenvalue weighted by Crippen LogP contribution is 2.15. The number of H-pyrrole nitrogens is 1. The van der Waals surface area contributed by atoms with E-state index in [4.69, 9.17) is 0 Å². The zero-order valence-corrected chi connectivity index (χ0v) is 8.87. The van der Waals surface area contributed by atoms with Gasteiger partial charge in [0.1, 0.15) is 0 Å². The van der Waals surface area contributed by atoms with Crippen LogP contribution in [-0.2, 0) is 5.75 Å². The first kappa shape index (κ1) is 9.98. The van der Waals surface area contributed by atoms with Crippen molar-refractivity contribution < 1.29 is 0 Å². The fourth-order valence-corrected chi connectivity index (χ4v) is 1.55. The summed E-state index contributed by atoms with van der Waals surface area (Å²) >= 11 is 4.09. The molecule has 2 rings (SSSR count). The molecule has 0 saturated carbocycles. The highest BCUT2D eigenvalue weighted by Gasteiger charge is 2.02. The summed E-state index contributed by atoms with van der Waals surface area (Å²) in [7, 11) is 0. The standard InChI is InChI=1S/C11H10N2OS/c14-11-9(7-15)6-10(12-13-11)8-4-2-1-3-5-8/h1-6,15H,7H2,(H,13,14). The van der Waals surface area contributed by atoms with Crippen LogP contribution in [0.3, 0.4) is 0 Å². The summed E-state index contributed by atoms with van der Waals surface area (Å²) in [6, 6.07) is 11.5. The van der Waals surface area contributed by atoms with E-state index in [0.29, 0.717) is 11.3 Å². The van der Waals surface area contributed by atoms with E-state index in [1.54, 1.807) is 6.07 Å². The van der Waals surface area contributed by atoms with Crippen LogP contribution >= 0.6 is 12.6 Å². The van der Waals surface area contributed by atoms with Crippen molar-refractivity contribution in [1.29, 1.82) is 0 Å². The maximum Gasteiger partial charge on any atom is 0.268 e. The molecule has 0 amide bonds. The zero-order chi connectivity index (χ0) is 10.7. The molecule has 15 heavy (non-hydrogen) atoms. The van der Waals surface area contributed by atoms with Crippen LogP contribution in [0.15, 0.2) is 41.2 Å². The molecule has 1 N–H and O–H groups in total. The lowest BCUT2D eigenvalue weighted by Gasteiger charge is -2.01. The number of nitrogens with zero attached hydrogens (tertiary/aromatic N) is 1. The minimum atomic E-state index is -0.176. The molecule has 0 bridgehead atoms. The van der Waals surface area contributed by atoms with Crippen LogP contribution in [0.2, 0.25) is 0 Å². The molecule has 0 aliphatic heterocycles. The minimum absolute atomic E-state index is 0.176. The molecule has 2 aromatic rings. The molecule has 0 aliphatic carbocycles. The van der Waals surface area contributed by atoms with Gasteiger partial charge in [-0.3, -0.25) is 4.79 Å². The summed E-state index contributed by atoms with van der Waals surface area (Å²) in [5.74, 6) is 0.414. The van der Waals surface area contributed by atoms with Crippen molar-refractivity contribution in [2.75, 3.05) is 0 Å². The molecule has 0 radical (unpaired) electrons. The third-order valence-corrected chi connectivity index (χ3v) is 2.46. The largest absolute Gasteiger partial charge is 0.268 e. The first-order valence-corrected chi connectivity index (χ1v) is 5.19. The lowest BCUT2D eigenvalue weighted by molar-refractivity contribution is 0.972. The molecule has 0 atom stereocenters. The van der Waals surface area contributed by atoms with E-state index in [1.165, 1.54) is 0 Å². The highest BCUT2D eigenvalue weighted by atomic mass is 32.1. The molecule has 0 aliphatic rings. The van der Waals surface area contributed by atoms with Gasteiger partial charge in [0.15, 0.2) is 0 Å². The third kappa shape index (κ3) is 2.10. The number of aromatic amines is 1. The normalized spacial score (nSPS) is 10.2. The summed E-state index contributed by atoms with van der Waals surface area (Å²) in [5.41, 5.74) is 2.20. The summed E-state index contributed by atoms with van der Waals surface area (Å²) in [5, 5.41) is 6.45. The molecule has 0 spiro atoms. The van der Waals surface area contributed by atoms with E-state index in [0.717, 1.165) is 11.3 Å². The molecular weight excluding hydrogens is 208 g/mol. The van der Waals surface area contributed by atoms with Gasteiger partial charge in [-0.05, 0) is 6.07 Å². The fourth-order valence-electron chi connectivity index (χ4n) is 1.32. The van der Waals surface area contributed by atoms with Crippen LogP contribution in [0, 0.1) is 0 Å². The molecule has 0 fully saturated rings. The van der Waals surface area contributed by atoms with E-state index in [2.05, 4.69) is 22.8 Å². The number of benzene rings is 1. The number of hydrogen-bond donors (Lipinski definition) is 2. The molecule has 1 heterocycles. The van der Waals surface area contributed by atoms with Gasteiger partial charge in [-0.25, -0.2) is 5.10 Å². The molecule has 1 aromatic heterocycles. The Morgan fingerprint density at radius 2 is 2.00 bits per heavy atom. The molecule has 3 nitrogen and oxygen atoms in total. The predicted octanol–water partition coefficient (Wildman–Crippen LogP) is 1.87. The van der Waals surface area contributed by atoms with Crippen molar-refractivity contribution in [3.05, 3.63) is 52.3 Å². The average molecular weight is 218 g/mol. The van der Waals surface area contributed by atoms with Gasteiger partial charge in [0, 0.05) is 16.9 Å². The summed E-state index contributed by atoms with van der Waals surface area (Å²) in [6.45, 7) is 0. The smallest absolute Gasteiger partial charge is 0.268 e. The summed E-state index contributed by atoms with van der Waals surface area (Å²) in [4.78, 5) is 11.3. The van der Waals surface area contributed by atoms with Crippen molar-refractivity contribution in [1.82, 2.24) is 10.2 Å². The van der Waals surface area contributed by atoms with E-state index in [1.807, 2.05) is 30.3 Å². The van der Waals surface area contributed by atoms with Gasteiger partial charge in [0.05, 0.1) is 5.69 Å². The van der Waals surface area contributed by atoms with Crippen LogP contribution in [0.5, 0.6) is 0 Å². The SMILES string of the molecule is O=c1[nH]nc(-c2ccccc2)cc1CS. The number of aromatic nitrogens is 2. The predicted molar refractivity (Wildman–Crippen MR) is 63.0 cm³/mol. The average Bonchev–Trinajstić information content (AvgIpc) is 2.31. The van der Waals surface area contributed by atoms with Crippen molar-refractivity contribution >= 4 is 12.6 Å². The van der Waals surface area contributed by atoms with E-state index in [-0.39, 0.29) is 5.56 Å². The fraction of sp³-hybridized carbons (Fsp3) is 0.0909. The number of rotatable bonds is 2. The maximum absolute atomic E-state index is 11.3. The second kappa shape index (κ2) is 4.31. The van der Waals surface area contributed by atoms with E-state index < -0.39 is 0 Å². The quantitative estimate of drug-likeness (QED) is 0.756. The van der Waals surface area contributed by atoms with Gasteiger partial charge >= 0.3 is 0 Å². The Morgan fingerprint density at radius 3 is 2.67 bits per heavy atom. The minimum Gasteiger partial charge on any atom is -0.268 e.